The topological polar surface area (TPSA) is 106 Å². The second-order valence-electron chi connectivity index (χ2n) is 5.57. The normalized spacial score (nSPS) is 12.0. The van der Waals surface area contributed by atoms with E-state index in [1.54, 1.807) is 19.2 Å². The highest BCUT2D eigenvalue weighted by molar-refractivity contribution is 7.98. The van der Waals surface area contributed by atoms with Crippen molar-refractivity contribution in [1.82, 2.24) is 5.32 Å². The smallest absolute Gasteiger partial charge is 0.340 e. The average molecular weight is 400 g/mol. The molecular weight excluding hydrogens is 382 g/mol. The number of methoxy groups -OCH3 is 1. The molecule has 9 heteroatoms. The van der Waals surface area contributed by atoms with Gasteiger partial charge >= 0.3 is 11.6 Å². The van der Waals surface area contributed by atoms with E-state index in [1.165, 1.54) is 24.9 Å². The number of aliphatic carboxylic acids is 1. The Balaban J connectivity index is 2.36. The minimum absolute atomic E-state index is 0.157. The standard InChI is InChI=1S/C17H18ClNO6S/c1-8-9-4-11(18)14(24-2)6-13(9)25-17(23)10(8)5-15(20)19-12(7-26-3)16(21)22/h4,6,12H,5,7H2,1-3H3,(H,19,20)(H,21,22)/t12-/m1/s1. The first-order chi connectivity index (χ1) is 12.3. The number of ether oxygens (including phenoxy) is 1. The minimum Gasteiger partial charge on any atom is -0.495 e. The fourth-order valence-electron chi connectivity index (χ4n) is 2.50. The van der Waals surface area contributed by atoms with E-state index in [4.69, 9.17) is 25.9 Å². The quantitative estimate of drug-likeness (QED) is 0.687. The molecule has 1 aromatic heterocycles. The van der Waals surface area contributed by atoms with Crippen LogP contribution in [0.25, 0.3) is 11.0 Å². The molecule has 0 bridgehead atoms. The summed E-state index contributed by atoms with van der Waals surface area (Å²) in [6.07, 6.45) is 1.45. The van der Waals surface area contributed by atoms with Gasteiger partial charge in [-0.1, -0.05) is 11.6 Å². The summed E-state index contributed by atoms with van der Waals surface area (Å²) in [5.74, 6) is -1.11. The number of aryl methyl sites for hydroxylation is 1. The third-order valence-corrected chi connectivity index (χ3v) is 4.83. The number of thioether (sulfide) groups is 1. The summed E-state index contributed by atoms with van der Waals surface area (Å²) in [5.41, 5.74) is 0.340. The molecule has 0 spiro atoms. The van der Waals surface area contributed by atoms with Crippen molar-refractivity contribution in [3.63, 3.8) is 0 Å². The maximum absolute atomic E-state index is 12.3. The molecule has 1 amide bonds. The van der Waals surface area contributed by atoms with Gasteiger partial charge in [-0.25, -0.2) is 9.59 Å². The highest BCUT2D eigenvalue weighted by Gasteiger charge is 2.22. The number of hydrogen-bond acceptors (Lipinski definition) is 6. The van der Waals surface area contributed by atoms with Crippen molar-refractivity contribution < 1.29 is 23.8 Å². The molecule has 0 aliphatic carbocycles. The number of amides is 1. The largest absolute Gasteiger partial charge is 0.495 e. The van der Waals surface area contributed by atoms with E-state index in [9.17, 15) is 14.4 Å². The van der Waals surface area contributed by atoms with E-state index < -0.39 is 23.5 Å². The maximum Gasteiger partial charge on any atom is 0.340 e. The number of nitrogens with one attached hydrogen (secondary N) is 1. The molecule has 2 N–H and O–H groups in total. The molecule has 2 rings (SSSR count). The molecule has 1 aromatic carbocycles. The zero-order chi connectivity index (χ0) is 19.4. The van der Waals surface area contributed by atoms with Crippen molar-refractivity contribution in [2.75, 3.05) is 19.1 Å². The maximum atomic E-state index is 12.3. The first-order valence-electron chi connectivity index (χ1n) is 7.59. The Bertz CT molecular complexity index is 910. The summed E-state index contributed by atoms with van der Waals surface area (Å²) in [6, 6.07) is 2.09. The molecule has 0 unspecified atom stereocenters. The fraction of sp³-hybridized carbons (Fsp3) is 0.353. The number of fused-ring (bicyclic) bond motifs is 1. The van der Waals surface area contributed by atoms with E-state index >= 15 is 0 Å². The van der Waals surface area contributed by atoms with Crippen LogP contribution in [0.5, 0.6) is 5.75 Å². The third kappa shape index (κ3) is 4.31. The first-order valence-corrected chi connectivity index (χ1v) is 9.36. The number of rotatable bonds is 7. The Morgan fingerprint density at radius 3 is 2.69 bits per heavy atom. The molecule has 0 fully saturated rings. The van der Waals surface area contributed by atoms with Gasteiger partial charge in [-0.15, -0.1) is 0 Å². The van der Waals surface area contributed by atoms with E-state index in [2.05, 4.69) is 5.32 Å². The number of benzene rings is 1. The Labute approximate surface area is 158 Å². The number of hydrogen-bond donors (Lipinski definition) is 2. The van der Waals surface area contributed by atoms with Crippen molar-refractivity contribution in [2.45, 2.75) is 19.4 Å². The lowest BCUT2D eigenvalue weighted by atomic mass is 10.0. The molecule has 0 saturated heterocycles. The zero-order valence-electron chi connectivity index (χ0n) is 14.4. The molecule has 0 aliphatic rings. The second-order valence-corrected chi connectivity index (χ2v) is 6.88. The van der Waals surface area contributed by atoms with Gasteiger partial charge in [0.2, 0.25) is 5.91 Å². The first kappa shape index (κ1) is 20.1. The van der Waals surface area contributed by atoms with Crippen LogP contribution in [0.3, 0.4) is 0 Å². The number of carboxylic acids is 1. The Morgan fingerprint density at radius 2 is 2.12 bits per heavy atom. The van der Waals surface area contributed by atoms with Gasteiger partial charge in [0, 0.05) is 17.2 Å². The SMILES string of the molecule is COc1cc2oc(=O)c(CC(=O)N[C@H](CSC)C(=O)O)c(C)c2cc1Cl. The molecule has 1 heterocycles. The summed E-state index contributed by atoms with van der Waals surface area (Å²) in [4.78, 5) is 35.6. The van der Waals surface area contributed by atoms with Crippen LogP contribution in [0.1, 0.15) is 11.1 Å². The van der Waals surface area contributed by atoms with Crippen LogP contribution in [0, 0.1) is 6.92 Å². The molecule has 0 radical (unpaired) electrons. The lowest BCUT2D eigenvalue weighted by Gasteiger charge is -2.14. The van der Waals surface area contributed by atoms with Crippen LogP contribution < -0.4 is 15.7 Å². The monoisotopic (exact) mass is 399 g/mol. The predicted molar refractivity (Wildman–Crippen MR) is 100 cm³/mol. The lowest BCUT2D eigenvalue weighted by molar-refractivity contribution is -0.141. The highest BCUT2D eigenvalue weighted by Crippen LogP contribution is 2.31. The number of carbonyl (C=O) groups excluding carboxylic acids is 1. The van der Waals surface area contributed by atoms with Gasteiger partial charge in [0.25, 0.3) is 0 Å². The van der Waals surface area contributed by atoms with Gasteiger partial charge in [-0.05, 0) is 24.8 Å². The third-order valence-electron chi connectivity index (χ3n) is 3.86. The molecule has 1 atom stereocenters. The summed E-state index contributed by atoms with van der Waals surface area (Å²) in [6.45, 7) is 1.68. The lowest BCUT2D eigenvalue weighted by Crippen LogP contribution is -2.43. The van der Waals surface area contributed by atoms with Crippen LogP contribution >= 0.6 is 23.4 Å². The van der Waals surface area contributed by atoms with Gasteiger partial charge in [0.1, 0.15) is 17.4 Å². The van der Waals surface area contributed by atoms with Gasteiger partial charge in [0.05, 0.1) is 24.1 Å². The molecule has 140 valence electrons. The molecule has 26 heavy (non-hydrogen) atoms. The van der Waals surface area contributed by atoms with Gasteiger partial charge in [-0.3, -0.25) is 4.79 Å². The average Bonchev–Trinajstić information content (AvgIpc) is 2.58. The molecule has 0 saturated carbocycles. The van der Waals surface area contributed by atoms with Crippen molar-refractivity contribution in [3.8, 4) is 5.75 Å². The summed E-state index contributed by atoms with van der Waals surface area (Å²) in [7, 11) is 1.45. The Kier molecular flexibility index (Phi) is 6.55. The van der Waals surface area contributed by atoms with Crippen molar-refractivity contribution >= 4 is 46.2 Å². The van der Waals surface area contributed by atoms with Crippen LogP contribution in [0.4, 0.5) is 0 Å². The number of carboxylic acid groups (broad SMARTS) is 1. The van der Waals surface area contributed by atoms with Gasteiger partial charge in [0.15, 0.2) is 0 Å². The number of carbonyl (C=O) groups is 2. The predicted octanol–water partition coefficient (Wildman–Crippen LogP) is 2.24. The second kappa shape index (κ2) is 8.46. The number of halogens is 1. The van der Waals surface area contributed by atoms with Crippen LogP contribution in [0.15, 0.2) is 21.3 Å². The van der Waals surface area contributed by atoms with Gasteiger partial charge < -0.3 is 19.6 Å². The summed E-state index contributed by atoms with van der Waals surface area (Å²) < 4.78 is 10.4. The zero-order valence-corrected chi connectivity index (χ0v) is 16.0. The molecule has 2 aromatic rings. The molecule has 7 nitrogen and oxygen atoms in total. The van der Waals surface area contributed by atoms with E-state index in [1.807, 2.05) is 0 Å². The van der Waals surface area contributed by atoms with Crippen molar-refractivity contribution in [1.29, 1.82) is 0 Å². The van der Waals surface area contributed by atoms with Crippen LogP contribution in [-0.2, 0) is 16.0 Å². The van der Waals surface area contributed by atoms with E-state index in [0.717, 1.165) is 0 Å². The molecular formula is C17H18ClNO6S. The minimum atomic E-state index is -1.13. The summed E-state index contributed by atoms with van der Waals surface area (Å²) in [5, 5.41) is 12.5. The fourth-order valence-corrected chi connectivity index (χ4v) is 3.30. The van der Waals surface area contributed by atoms with Crippen molar-refractivity contribution in [3.05, 3.63) is 38.7 Å². The molecule has 0 aliphatic heterocycles. The Hall–Kier alpha value is -2.19. The van der Waals surface area contributed by atoms with E-state index in [-0.39, 0.29) is 17.7 Å². The van der Waals surface area contributed by atoms with Crippen LogP contribution in [0.2, 0.25) is 5.02 Å². The highest BCUT2D eigenvalue weighted by atomic mass is 35.5. The Morgan fingerprint density at radius 1 is 1.42 bits per heavy atom. The van der Waals surface area contributed by atoms with Crippen molar-refractivity contribution in [2.24, 2.45) is 0 Å². The van der Waals surface area contributed by atoms with Crippen LogP contribution in [-0.4, -0.2) is 42.1 Å². The summed E-state index contributed by atoms with van der Waals surface area (Å²) >= 11 is 7.42. The van der Waals surface area contributed by atoms with Gasteiger partial charge in [-0.2, -0.15) is 11.8 Å². The van der Waals surface area contributed by atoms with E-state index in [0.29, 0.717) is 27.3 Å².